The van der Waals surface area contributed by atoms with Gasteiger partial charge in [-0.1, -0.05) is 36.4 Å². The lowest BCUT2D eigenvalue weighted by Gasteiger charge is -2.37. The van der Waals surface area contributed by atoms with Crippen LogP contribution in [-0.2, 0) is 17.1 Å². The van der Waals surface area contributed by atoms with Crippen LogP contribution in [0, 0.1) is 11.7 Å². The summed E-state index contributed by atoms with van der Waals surface area (Å²) in [4.78, 5) is 29.3. The van der Waals surface area contributed by atoms with Gasteiger partial charge in [0.1, 0.15) is 5.82 Å². The van der Waals surface area contributed by atoms with Crippen LogP contribution in [0.3, 0.4) is 0 Å². The van der Waals surface area contributed by atoms with Gasteiger partial charge in [0, 0.05) is 24.2 Å². The minimum atomic E-state index is -2.43. The van der Waals surface area contributed by atoms with Gasteiger partial charge in [-0.3, -0.25) is 9.69 Å². The minimum Gasteiger partial charge on any atom is -0.419 e. The highest BCUT2D eigenvalue weighted by Crippen LogP contribution is 2.33. The lowest BCUT2D eigenvalue weighted by Crippen LogP contribution is -2.46. The van der Waals surface area contributed by atoms with E-state index in [2.05, 4.69) is 0 Å². The quantitative estimate of drug-likeness (QED) is 0.429. The van der Waals surface area contributed by atoms with Gasteiger partial charge in [0.15, 0.2) is 0 Å². The fraction of sp³-hybridized carbons (Fsp3) is 0.310. The molecular weight excluding hydrogens is 462 g/mol. The predicted molar refractivity (Wildman–Crippen MR) is 131 cm³/mol. The van der Waals surface area contributed by atoms with Gasteiger partial charge in [-0.25, -0.2) is 9.18 Å². The number of halogens is 2. The normalized spacial score (nSPS) is 18.1. The molecule has 0 aromatic heterocycles. The van der Waals surface area contributed by atoms with E-state index < -0.39 is 17.6 Å². The van der Waals surface area contributed by atoms with Gasteiger partial charge in [-0.05, 0) is 79.9 Å². The Labute approximate surface area is 209 Å². The lowest BCUT2D eigenvalue weighted by molar-refractivity contribution is -0.129. The molecule has 2 heterocycles. The zero-order chi connectivity index (χ0) is 25.1. The van der Waals surface area contributed by atoms with Crippen LogP contribution in [0.4, 0.5) is 8.78 Å². The van der Waals surface area contributed by atoms with E-state index in [4.69, 9.17) is 4.74 Å². The molecule has 1 saturated heterocycles. The van der Waals surface area contributed by atoms with Gasteiger partial charge in [-0.15, -0.1) is 0 Å². The summed E-state index contributed by atoms with van der Waals surface area (Å²) in [6.45, 7) is 2.36. The van der Waals surface area contributed by atoms with Crippen LogP contribution in [0.2, 0.25) is 0 Å². The molecule has 0 spiro atoms. The van der Waals surface area contributed by atoms with Crippen molar-refractivity contribution in [3.05, 3.63) is 107 Å². The Balaban J connectivity index is 1.23. The van der Waals surface area contributed by atoms with Crippen molar-refractivity contribution in [1.82, 2.24) is 9.80 Å². The van der Waals surface area contributed by atoms with Crippen LogP contribution in [0.5, 0.6) is 0 Å². The van der Waals surface area contributed by atoms with Gasteiger partial charge in [0.2, 0.25) is 0 Å². The van der Waals surface area contributed by atoms with Crippen molar-refractivity contribution in [2.45, 2.75) is 25.2 Å². The third-order valence-corrected chi connectivity index (χ3v) is 7.05. The predicted octanol–water partition coefficient (Wildman–Crippen LogP) is 5.17. The van der Waals surface area contributed by atoms with Crippen molar-refractivity contribution in [3.63, 3.8) is 0 Å². The van der Waals surface area contributed by atoms with E-state index in [1.165, 1.54) is 12.1 Å². The van der Waals surface area contributed by atoms with E-state index in [0.717, 1.165) is 36.1 Å². The molecule has 1 amide bonds. The van der Waals surface area contributed by atoms with Gasteiger partial charge >= 0.3 is 5.97 Å². The molecule has 186 valence electrons. The first kappa shape index (κ1) is 24.1. The molecule has 36 heavy (non-hydrogen) atoms. The monoisotopic (exact) mass is 490 g/mol. The smallest absolute Gasteiger partial charge is 0.341 e. The van der Waals surface area contributed by atoms with Crippen LogP contribution in [-0.4, -0.2) is 47.9 Å². The average molecular weight is 491 g/mol. The molecule has 1 unspecified atom stereocenters. The molecule has 5 rings (SSSR count). The molecule has 0 saturated carbocycles. The van der Waals surface area contributed by atoms with Crippen LogP contribution in [0.25, 0.3) is 0 Å². The fourth-order valence-corrected chi connectivity index (χ4v) is 5.05. The molecule has 1 fully saturated rings. The van der Waals surface area contributed by atoms with Gasteiger partial charge in [-0.2, -0.15) is 4.39 Å². The summed E-state index contributed by atoms with van der Waals surface area (Å²) in [5, 5.41) is 0. The zero-order valence-electron chi connectivity index (χ0n) is 19.9. The highest BCUT2D eigenvalue weighted by atomic mass is 19.2. The van der Waals surface area contributed by atoms with Crippen LogP contribution < -0.4 is 0 Å². The maximum Gasteiger partial charge on any atom is 0.341 e. The Kier molecular flexibility index (Phi) is 6.83. The number of hydrogen-bond acceptors (Lipinski definition) is 4. The summed E-state index contributed by atoms with van der Waals surface area (Å²) in [6.07, 6.45) is 1.60. The number of likely N-dealkylation sites (tertiary alicyclic amines) is 1. The molecule has 0 bridgehead atoms. The SMILES string of the molecule is O=C(OC(F)(CN1CCC(CN2Cc3ccccc3C2=O)CC1)c1ccc(F)cc1)c1ccccc1. The number of rotatable bonds is 7. The highest BCUT2D eigenvalue weighted by Gasteiger charge is 2.40. The lowest BCUT2D eigenvalue weighted by atomic mass is 9.95. The summed E-state index contributed by atoms with van der Waals surface area (Å²) in [5.41, 5.74) is 2.17. The standard InChI is InChI=1S/C29H28F2N2O3/c30-25-12-10-24(11-13-25)29(31,36-28(35)22-6-2-1-3-7-22)20-32-16-14-21(15-17-32)18-33-19-23-8-4-5-9-26(23)27(33)34/h1-13,21H,14-20H2. The number of amides is 1. The summed E-state index contributed by atoms with van der Waals surface area (Å²) in [7, 11) is 0. The second-order valence-corrected chi connectivity index (χ2v) is 9.55. The Hall–Kier alpha value is -3.58. The summed E-state index contributed by atoms with van der Waals surface area (Å²) >= 11 is 0. The Morgan fingerprint density at radius 1 is 0.944 bits per heavy atom. The number of benzene rings is 3. The molecule has 0 aliphatic carbocycles. The van der Waals surface area contributed by atoms with Crippen molar-refractivity contribution in [2.75, 3.05) is 26.2 Å². The van der Waals surface area contributed by atoms with Gasteiger partial charge < -0.3 is 9.64 Å². The Morgan fingerprint density at radius 3 is 2.31 bits per heavy atom. The molecule has 2 aliphatic rings. The summed E-state index contributed by atoms with van der Waals surface area (Å²) in [6, 6.07) is 20.9. The second-order valence-electron chi connectivity index (χ2n) is 9.55. The molecule has 7 heteroatoms. The number of carbonyl (C=O) groups is 2. The molecule has 0 N–H and O–H groups in total. The van der Waals surface area contributed by atoms with Crippen molar-refractivity contribution < 1.29 is 23.1 Å². The zero-order valence-corrected chi connectivity index (χ0v) is 19.9. The maximum atomic E-state index is 16.3. The van der Waals surface area contributed by atoms with E-state index in [1.807, 2.05) is 34.1 Å². The first-order chi connectivity index (χ1) is 17.4. The van der Waals surface area contributed by atoms with Crippen LogP contribution in [0.15, 0.2) is 78.9 Å². The topological polar surface area (TPSA) is 49.9 Å². The molecule has 3 aromatic rings. The second kappa shape index (κ2) is 10.2. The summed E-state index contributed by atoms with van der Waals surface area (Å²) in [5.74, 6) is -3.31. The number of esters is 1. The molecule has 3 aromatic carbocycles. The van der Waals surface area contributed by atoms with Crippen LogP contribution in [0.1, 0.15) is 44.7 Å². The van der Waals surface area contributed by atoms with E-state index in [1.54, 1.807) is 30.3 Å². The number of fused-ring (bicyclic) bond motifs is 1. The van der Waals surface area contributed by atoms with Crippen molar-refractivity contribution >= 4 is 11.9 Å². The first-order valence-corrected chi connectivity index (χ1v) is 12.2. The molecule has 1 atom stereocenters. The Bertz CT molecular complexity index is 1230. The average Bonchev–Trinajstić information content (AvgIpc) is 3.21. The first-order valence-electron chi connectivity index (χ1n) is 12.2. The minimum absolute atomic E-state index is 0.0694. The van der Waals surface area contributed by atoms with Gasteiger partial charge in [0.25, 0.3) is 11.8 Å². The van der Waals surface area contributed by atoms with Crippen LogP contribution >= 0.6 is 0 Å². The molecule has 5 nitrogen and oxygen atoms in total. The number of hydrogen-bond donors (Lipinski definition) is 0. The number of nitrogens with zero attached hydrogens (tertiary/aromatic N) is 2. The van der Waals surface area contributed by atoms with E-state index in [0.29, 0.717) is 32.1 Å². The number of carbonyl (C=O) groups excluding carboxylic acids is 2. The maximum absolute atomic E-state index is 16.3. The number of alkyl halides is 1. The summed E-state index contributed by atoms with van der Waals surface area (Å²) < 4.78 is 35.3. The number of ether oxygens (including phenoxy) is 1. The van der Waals surface area contributed by atoms with E-state index in [9.17, 15) is 14.0 Å². The number of piperidine rings is 1. The van der Waals surface area contributed by atoms with E-state index in [-0.39, 0.29) is 23.6 Å². The third-order valence-electron chi connectivity index (χ3n) is 7.05. The van der Waals surface area contributed by atoms with Gasteiger partial charge in [0.05, 0.1) is 12.1 Å². The van der Waals surface area contributed by atoms with E-state index >= 15 is 4.39 Å². The fourth-order valence-electron chi connectivity index (χ4n) is 5.05. The van der Waals surface area contributed by atoms with Crippen molar-refractivity contribution in [3.8, 4) is 0 Å². The Morgan fingerprint density at radius 2 is 1.61 bits per heavy atom. The third kappa shape index (κ3) is 5.16. The molecule has 2 aliphatic heterocycles. The highest BCUT2D eigenvalue weighted by molar-refractivity contribution is 5.98. The largest absolute Gasteiger partial charge is 0.419 e. The molecule has 0 radical (unpaired) electrons. The van der Waals surface area contributed by atoms with Crippen molar-refractivity contribution in [2.24, 2.45) is 5.92 Å². The molecular formula is C29H28F2N2O3. The van der Waals surface area contributed by atoms with Crippen molar-refractivity contribution in [1.29, 1.82) is 0 Å².